The fraction of sp³-hybridized carbons (Fsp3) is 0.938. The summed E-state index contributed by atoms with van der Waals surface area (Å²) >= 11 is 0. The van der Waals surface area contributed by atoms with Gasteiger partial charge in [0.05, 0.1) is 24.7 Å². The fourth-order valence-corrected chi connectivity index (χ4v) is 3.61. The molecule has 1 N–H and O–H groups in total. The molecule has 3 fully saturated rings. The van der Waals surface area contributed by atoms with Crippen molar-refractivity contribution in [3.63, 3.8) is 0 Å². The number of β-lactam (4-membered cyclic amide) rings is 1. The zero-order chi connectivity index (χ0) is 14.7. The molecule has 0 spiro atoms. The molecule has 21 heavy (non-hydrogen) atoms. The van der Waals surface area contributed by atoms with Crippen LogP contribution in [0.4, 0.5) is 0 Å². The summed E-state index contributed by atoms with van der Waals surface area (Å²) in [6, 6.07) is 0.170. The average Bonchev–Trinajstić information content (AvgIpc) is 2.52. The third-order valence-electron chi connectivity index (χ3n) is 4.91. The smallest absolute Gasteiger partial charge is 0.225 e. The lowest BCUT2D eigenvalue weighted by Gasteiger charge is -2.45. The molecule has 0 radical (unpaired) electrons. The van der Waals surface area contributed by atoms with Crippen LogP contribution in [0.3, 0.4) is 0 Å². The van der Waals surface area contributed by atoms with Crippen molar-refractivity contribution in [1.29, 1.82) is 0 Å². The van der Waals surface area contributed by atoms with Gasteiger partial charge in [-0.1, -0.05) is 6.92 Å². The minimum absolute atomic E-state index is 0.0247. The largest absolute Gasteiger partial charge is 0.376 e. The van der Waals surface area contributed by atoms with Crippen molar-refractivity contribution in [3.8, 4) is 0 Å². The summed E-state index contributed by atoms with van der Waals surface area (Å²) in [5, 5.41) is 3.03. The lowest BCUT2D eigenvalue weighted by atomic mass is 9.76. The molecule has 3 rings (SSSR count). The van der Waals surface area contributed by atoms with Gasteiger partial charge in [0.15, 0.2) is 6.29 Å². The van der Waals surface area contributed by atoms with Crippen LogP contribution < -0.4 is 5.32 Å². The van der Waals surface area contributed by atoms with Crippen LogP contribution in [0.15, 0.2) is 0 Å². The maximum Gasteiger partial charge on any atom is 0.225 e. The van der Waals surface area contributed by atoms with E-state index >= 15 is 0 Å². The Hall–Kier alpha value is -0.650. The van der Waals surface area contributed by atoms with Crippen molar-refractivity contribution in [2.24, 2.45) is 11.8 Å². The van der Waals surface area contributed by atoms with Crippen molar-refractivity contribution < 1.29 is 19.0 Å². The Morgan fingerprint density at radius 1 is 1.19 bits per heavy atom. The van der Waals surface area contributed by atoms with Crippen molar-refractivity contribution >= 4 is 5.91 Å². The molecular formula is C16H27NO4. The van der Waals surface area contributed by atoms with E-state index in [1.54, 1.807) is 0 Å². The van der Waals surface area contributed by atoms with Gasteiger partial charge in [0.2, 0.25) is 5.91 Å². The first kappa shape index (κ1) is 15.3. The first-order chi connectivity index (χ1) is 10.3. The van der Waals surface area contributed by atoms with E-state index in [0.717, 1.165) is 38.9 Å². The Labute approximate surface area is 126 Å². The molecule has 0 aromatic heterocycles. The monoisotopic (exact) mass is 297 g/mol. The Morgan fingerprint density at radius 3 is 2.57 bits per heavy atom. The summed E-state index contributed by atoms with van der Waals surface area (Å²) in [6.45, 7) is 4.31. The number of rotatable bonds is 5. The van der Waals surface area contributed by atoms with Crippen LogP contribution in [-0.4, -0.2) is 44.2 Å². The van der Waals surface area contributed by atoms with E-state index in [0.29, 0.717) is 6.61 Å². The number of ether oxygens (including phenoxy) is 3. The maximum atomic E-state index is 11.9. The van der Waals surface area contributed by atoms with Gasteiger partial charge in [-0.2, -0.15) is 0 Å². The minimum atomic E-state index is -0.0753. The quantitative estimate of drug-likeness (QED) is 0.787. The van der Waals surface area contributed by atoms with Gasteiger partial charge in [0.1, 0.15) is 0 Å². The molecule has 0 aromatic carbocycles. The number of hydrogen-bond acceptors (Lipinski definition) is 4. The van der Waals surface area contributed by atoms with Gasteiger partial charge in [-0.25, -0.2) is 0 Å². The molecule has 3 aliphatic heterocycles. The minimum Gasteiger partial charge on any atom is -0.376 e. The summed E-state index contributed by atoms with van der Waals surface area (Å²) in [5.74, 6) is 0.381. The number of amides is 1. The van der Waals surface area contributed by atoms with Gasteiger partial charge in [0, 0.05) is 13.2 Å². The molecular weight excluding hydrogens is 270 g/mol. The highest BCUT2D eigenvalue weighted by Gasteiger charge is 2.47. The van der Waals surface area contributed by atoms with Gasteiger partial charge < -0.3 is 19.5 Å². The summed E-state index contributed by atoms with van der Waals surface area (Å²) in [7, 11) is 0. The van der Waals surface area contributed by atoms with Crippen LogP contribution in [0.2, 0.25) is 0 Å². The maximum absolute atomic E-state index is 11.9. The lowest BCUT2D eigenvalue weighted by molar-refractivity contribution is -0.178. The number of hydrogen-bond donors (Lipinski definition) is 1. The second kappa shape index (κ2) is 7.07. The van der Waals surface area contributed by atoms with Gasteiger partial charge in [0.25, 0.3) is 0 Å². The molecule has 3 heterocycles. The third-order valence-corrected chi connectivity index (χ3v) is 4.91. The van der Waals surface area contributed by atoms with E-state index in [-0.39, 0.29) is 36.2 Å². The van der Waals surface area contributed by atoms with Gasteiger partial charge in [-0.15, -0.1) is 0 Å². The first-order valence-electron chi connectivity index (χ1n) is 8.41. The van der Waals surface area contributed by atoms with Crippen LogP contribution in [0, 0.1) is 11.8 Å². The predicted octanol–water partition coefficient (Wildman–Crippen LogP) is 1.85. The van der Waals surface area contributed by atoms with Crippen LogP contribution in [0.25, 0.3) is 0 Å². The number of nitrogens with one attached hydrogen (secondary N) is 1. The SMILES string of the molecule is CC(COC1CCCCO1)C1C(=O)NC1C1CCCCO1. The Morgan fingerprint density at radius 2 is 1.95 bits per heavy atom. The Balaban J connectivity index is 1.47. The van der Waals surface area contributed by atoms with Crippen LogP contribution in [0.5, 0.6) is 0 Å². The molecule has 5 unspecified atom stereocenters. The van der Waals surface area contributed by atoms with Crippen LogP contribution in [0.1, 0.15) is 45.4 Å². The molecule has 120 valence electrons. The standard InChI is InChI=1S/C16H27NO4/c1-11(10-21-13-7-3-5-9-20-13)14-15(17-16(14)18)12-6-2-4-8-19-12/h11-15H,2-10H2,1H3,(H,17,18). The molecule has 0 aliphatic carbocycles. The normalized spacial score (nSPS) is 38.4. The second-order valence-electron chi connectivity index (χ2n) is 6.57. The number of carbonyl (C=O) groups excluding carboxylic acids is 1. The van der Waals surface area contributed by atoms with E-state index in [2.05, 4.69) is 12.2 Å². The van der Waals surface area contributed by atoms with Crippen LogP contribution >= 0.6 is 0 Å². The van der Waals surface area contributed by atoms with Crippen molar-refractivity contribution in [1.82, 2.24) is 5.32 Å². The van der Waals surface area contributed by atoms with E-state index < -0.39 is 0 Å². The van der Waals surface area contributed by atoms with E-state index in [1.165, 1.54) is 12.8 Å². The highest BCUT2D eigenvalue weighted by atomic mass is 16.7. The van der Waals surface area contributed by atoms with E-state index in [4.69, 9.17) is 14.2 Å². The molecule has 5 atom stereocenters. The van der Waals surface area contributed by atoms with E-state index in [9.17, 15) is 4.79 Å². The first-order valence-corrected chi connectivity index (χ1v) is 8.41. The summed E-state index contributed by atoms with van der Waals surface area (Å²) < 4.78 is 17.2. The summed E-state index contributed by atoms with van der Waals surface area (Å²) in [6.07, 6.45) is 6.77. The third kappa shape index (κ3) is 3.58. The van der Waals surface area contributed by atoms with Crippen molar-refractivity contribution in [3.05, 3.63) is 0 Å². The number of carbonyl (C=O) groups is 1. The highest BCUT2D eigenvalue weighted by molar-refractivity contribution is 5.86. The zero-order valence-corrected chi connectivity index (χ0v) is 12.9. The summed E-state index contributed by atoms with van der Waals surface area (Å²) in [5.41, 5.74) is 0. The van der Waals surface area contributed by atoms with Gasteiger partial charge >= 0.3 is 0 Å². The lowest BCUT2D eigenvalue weighted by Crippen LogP contribution is -2.66. The van der Waals surface area contributed by atoms with Crippen molar-refractivity contribution in [2.75, 3.05) is 19.8 Å². The fourth-order valence-electron chi connectivity index (χ4n) is 3.61. The Bertz CT molecular complexity index is 350. The van der Waals surface area contributed by atoms with Gasteiger partial charge in [-0.3, -0.25) is 4.79 Å². The molecule has 1 amide bonds. The van der Waals surface area contributed by atoms with E-state index in [1.807, 2.05) is 0 Å². The Kier molecular flexibility index (Phi) is 5.14. The van der Waals surface area contributed by atoms with Crippen molar-refractivity contribution in [2.45, 2.75) is 63.9 Å². The molecule has 5 heteroatoms. The topological polar surface area (TPSA) is 56.8 Å². The molecule has 0 bridgehead atoms. The molecule has 3 aliphatic rings. The predicted molar refractivity (Wildman–Crippen MR) is 77.7 cm³/mol. The van der Waals surface area contributed by atoms with Gasteiger partial charge in [-0.05, 0) is 44.4 Å². The molecule has 5 nitrogen and oxygen atoms in total. The second-order valence-corrected chi connectivity index (χ2v) is 6.57. The van der Waals surface area contributed by atoms with Crippen LogP contribution in [-0.2, 0) is 19.0 Å². The summed E-state index contributed by atoms with van der Waals surface area (Å²) in [4.78, 5) is 11.9. The molecule has 0 aromatic rings. The molecule has 0 saturated carbocycles. The highest BCUT2D eigenvalue weighted by Crippen LogP contribution is 2.31. The zero-order valence-electron chi connectivity index (χ0n) is 12.9. The molecule has 3 saturated heterocycles. The average molecular weight is 297 g/mol.